The number of hydrogen-bond donors (Lipinski definition) is 1. The van der Waals surface area contributed by atoms with Crippen molar-refractivity contribution in [1.29, 1.82) is 0 Å². The summed E-state index contributed by atoms with van der Waals surface area (Å²) >= 11 is 0. The van der Waals surface area contributed by atoms with Crippen LogP contribution in [0.5, 0.6) is 0 Å². The maximum absolute atomic E-state index is 12.1. The van der Waals surface area contributed by atoms with E-state index in [1.54, 1.807) is 30.5 Å². The van der Waals surface area contributed by atoms with Crippen LogP contribution in [0, 0.1) is 0 Å². The molecule has 1 aromatic heterocycles. The molecule has 4 heteroatoms. The zero-order chi connectivity index (χ0) is 14.7. The van der Waals surface area contributed by atoms with Gasteiger partial charge in [0.05, 0.1) is 5.56 Å². The number of benzene rings is 2. The van der Waals surface area contributed by atoms with E-state index in [1.165, 1.54) is 0 Å². The highest BCUT2D eigenvalue weighted by atomic mass is 16.5. The zero-order valence-electron chi connectivity index (χ0n) is 11.2. The third-order valence-corrected chi connectivity index (χ3v) is 3.24. The number of fused-ring (bicyclic) bond motifs is 1. The molecule has 0 aliphatic rings. The molecule has 0 atom stereocenters. The van der Waals surface area contributed by atoms with Gasteiger partial charge >= 0.3 is 5.97 Å². The van der Waals surface area contributed by atoms with Gasteiger partial charge in [0.15, 0.2) is 12.4 Å². The third-order valence-electron chi connectivity index (χ3n) is 3.24. The molecule has 0 bridgehead atoms. The number of Topliss-reactive ketones (excluding diaryl/α,β-unsaturated/α-hetero) is 1. The number of hydrogen-bond acceptors (Lipinski definition) is 3. The SMILES string of the molecule is O=C(COC(=O)c1c[nH]c2ccccc12)c1ccccc1. The summed E-state index contributed by atoms with van der Waals surface area (Å²) in [5.41, 5.74) is 1.83. The number of nitrogens with one attached hydrogen (secondary N) is 1. The second kappa shape index (κ2) is 5.63. The smallest absolute Gasteiger partial charge is 0.340 e. The fourth-order valence-electron chi connectivity index (χ4n) is 2.16. The van der Waals surface area contributed by atoms with Crippen LogP contribution in [0.15, 0.2) is 60.8 Å². The van der Waals surface area contributed by atoms with Crippen molar-refractivity contribution in [2.24, 2.45) is 0 Å². The first kappa shape index (κ1) is 13.1. The molecule has 21 heavy (non-hydrogen) atoms. The number of aromatic amines is 1. The monoisotopic (exact) mass is 279 g/mol. The average Bonchev–Trinajstić information content (AvgIpc) is 2.97. The first-order valence-electron chi connectivity index (χ1n) is 6.57. The van der Waals surface area contributed by atoms with E-state index in [-0.39, 0.29) is 12.4 Å². The van der Waals surface area contributed by atoms with E-state index in [9.17, 15) is 9.59 Å². The Kier molecular flexibility index (Phi) is 3.51. The first-order chi connectivity index (χ1) is 10.3. The summed E-state index contributed by atoms with van der Waals surface area (Å²) < 4.78 is 5.10. The Morgan fingerprint density at radius 1 is 0.952 bits per heavy atom. The fraction of sp³-hybridized carbons (Fsp3) is 0.0588. The van der Waals surface area contributed by atoms with E-state index in [0.29, 0.717) is 11.1 Å². The van der Waals surface area contributed by atoms with Crippen LogP contribution in [-0.2, 0) is 4.74 Å². The van der Waals surface area contributed by atoms with E-state index >= 15 is 0 Å². The van der Waals surface area contributed by atoms with Crippen molar-refractivity contribution in [2.45, 2.75) is 0 Å². The van der Waals surface area contributed by atoms with Crippen LogP contribution in [0.1, 0.15) is 20.7 Å². The van der Waals surface area contributed by atoms with Crippen LogP contribution in [0.25, 0.3) is 10.9 Å². The van der Waals surface area contributed by atoms with E-state index < -0.39 is 5.97 Å². The maximum Gasteiger partial charge on any atom is 0.340 e. The predicted molar refractivity (Wildman–Crippen MR) is 79.4 cm³/mol. The Labute approximate surface area is 121 Å². The molecule has 104 valence electrons. The van der Waals surface area contributed by atoms with Crippen molar-refractivity contribution in [3.63, 3.8) is 0 Å². The van der Waals surface area contributed by atoms with Gasteiger partial charge in [-0.3, -0.25) is 4.79 Å². The minimum atomic E-state index is -0.503. The minimum absolute atomic E-state index is 0.219. The molecule has 3 aromatic rings. The molecule has 1 N–H and O–H groups in total. The molecular weight excluding hydrogens is 266 g/mol. The third kappa shape index (κ3) is 2.69. The van der Waals surface area contributed by atoms with Gasteiger partial charge in [0.1, 0.15) is 0 Å². The van der Waals surface area contributed by atoms with Gasteiger partial charge in [0, 0.05) is 22.7 Å². The molecule has 2 aromatic carbocycles. The number of carbonyl (C=O) groups is 2. The number of para-hydroxylation sites is 1. The second-order valence-corrected chi connectivity index (χ2v) is 4.61. The lowest BCUT2D eigenvalue weighted by molar-refractivity contribution is 0.0477. The van der Waals surface area contributed by atoms with E-state index in [4.69, 9.17) is 4.74 Å². The summed E-state index contributed by atoms with van der Waals surface area (Å²) in [4.78, 5) is 27.0. The molecule has 0 radical (unpaired) electrons. The standard InChI is InChI=1S/C17H13NO3/c19-16(12-6-2-1-3-7-12)11-21-17(20)14-10-18-15-9-5-4-8-13(14)15/h1-10,18H,11H2. The zero-order valence-corrected chi connectivity index (χ0v) is 11.2. The van der Waals surface area contributed by atoms with E-state index in [1.807, 2.05) is 30.3 Å². The van der Waals surface area contributed by atoms with Crippen molar-refractivity contribution < 1.29 is 14.3 Å². The number of ether oxygens (including phenoxy) is 1. The van der Waals surface area contributed by atoms with Gasteiger partial charge in [-0.25, -0.2) is 4.79 Å². The van der Waals surface area contributed by atoms with Gasteiger partial charge in [-0.05, 0) is 6.07 Å². The lowest BCUT2D eigenvalue weighted by Crippen LogP contribution is -2.14. The highest BCUT2D eigenvalue weighted by Gasteiger charge is 2.15. The van der Waals surface area contributed by atoms with Gasteiger partial charge in [0.2, 0.25) is 0 Å². The Morgan fingerprint density at radius 3 is 2.48 bits per heavy atom. The number of ketones is 1. The molecule has 0 fully saturated rings. The van der Waals surface area contributed by atoms with E-state index in [2.05, 4.69) is 4.98 Å². The number of esters is 1. The van der Waals surface area contributed by atoms with Crippen molar-refractivity contribution in [3.8, 4) is 0 Å². The van der Waals surface area contributed by atoms with Crippen LogP contribution in [0.3, 0.4) is 0 Å². The lowest BCUT2D eigenvalue weighted by atomic mass is 10.1. The second-order valence-electron chi connectivity index (χ2n) is 4.61. The normalized spacial score (nSPS) is 10.5. The fourth-order valence-corrected chi connectivity index (χ4v) is 2.16. The number of H-pyrrole nitrogens is 1. The molecule has 0 amide bonds. The summed E-state index contributed by atoms with van der Waals surface area (Å²) in [7, 11) is 0. The topological polar surface area (TPSA) is 59.2 Å². The first-order valence-corrected chi connectivity index (χ1v) is 6.57. The highest BCUT2D eigenvalue weighted by Crippen LogP contribution is 2.18. The summed E-state index contributed by atoms with van der Waals surface area (Å²) in [5.74, 6) is -0.722. The quantitative estimate of drug-likeness (QED) is 0.589. The Morgan fingerprint density at radius 2 is 1.67 bits per heavy atom. The van der Waals surface area contributed by atoms with Gasteiger partial charge in [-0.1, -0.05) is 48.5 Å². The molecule has 0 spiro atoms. The van der Waals surface area contributed by atoms with Crippen LogP contribution in [-0.4, -0.2) is 23.3 Å². The van der Waals surface area contributed by atoms with Crippen LogP contribution < -0.4 is 0 Å². The lowest BCUT2D eigenvalue weighted by Gasteiger charge is -2.03. The average molecular weight is 279 g/mol. The maximum atomic E-state index is 12.1. The number of aromatic nitrogens is 1. The molecular formula is C17H13NO3. The Hall–Kier alpha value is -2.88. The Bertz CT molecular complexity index is 790. The predicted octanol–water partition coefficient (Wildman–Crippen LogP) is 3.21. The Balaban J connectivity index is 1.71. The van der Waals surface area contributed by atoms with Crippen molar-refractivity contribution in [1.82, 2.24) is 4.98 Å². The van der Waals surface area contributed by atoms with Gasteiger partial charge in [0.25, 0.3) is 0 Å². The highest BCUT2D eigenvalue weighted by molar-refractivity contribution is 6.05. The molecule has 4 nitrogen and oxygen atoms in total. The van der Waals surface area contributed by atoms with Crippen molar-refractivity contribution in [2.75, 3.05) is 6.61 Å². The molecule has 0 unspecified atom stereocenters. The van der Waals surface area contributed by atoms with Gasteiger partial charge in [-0.2, -0.15) is 0 Å². The van der Waals surface area contributed by atoms with Crippen molar-refractivity contribution >= 4 is 22.7 Å². The number of rotatable bonds is 4. The summed E-state index contributed by atoms with van der Waals surface area (Å²) in [6.45, 7) is -0.262. The molecule has 0 aliphatic heterocycles. The van der Waals surface area contributed by atoms with Gasteiger partial charge < -0.3 is 9.72 Å². The summed E-state index contributed by atoms with van der Waals surface area (Å²) in [6, 6.07) is 16.2. The van der Waals surface area contributed by atoms with Crippen LogP contribution >= 0.6 is 0 Å². The molecule has 3 rings (SSSR count). The van der Waals surface area contributed by atoms with Gasteiger partial charge in [-0.15, -0.1) is 0 Å². The summed E-state index contributed by atoms with van der Waals surface area (Å²) in [6.07, 6.45) is 1.60. The molecule has 1 heterocycles. The molecule has 0 saturated carbocycles. The van der Waals surface area contributed by atoms with Crippen molar-refractivity contribution in [3.05, 3.63) is 71.9 Å². The van der Waals surface area contributed by atoms with Crippen LogP contribution in [0.2, 0.25) is 0 Å². The van der Waals surface area contributed by atoms with Crippen LogP contribution in [0.4, 0.5) is 0 Å². The molecule has 0 aliphatic carbocycles. The summed E-state index contributed by atoms with van der Waals surface area (Å²) in [5, 5.41) is 0.787. The van der Waals surface area contributed by atoms with E-state index in [0.717, 1.165) is 10.9 Å². The largest absolute Gasteiger partial charge is 0.454 e. The minimum Gasteiger partial charge on any atom is -0.454 e. The number of carbonyl (C=O) groups excluding carboxylic acids is 2. The molecule has 0 saturated heterocycles.